The van der Waals surface area contributed by atoms with E-state index in [0.717, 1.165) is 27.2 Å². The maximum atomic E-state index is 15.3. The Bertz CT molecular complexity index is 2280. The molecular formula is C44H50FN2O10PS. The third-order valence-electron chi connectivity index (χ3n) is 10.6. The molecular weight excluding hydrogens is 799 g/mol. The van der Waals surface area contributed by atoms with Crippen LogP contribution in [0.4, 0.5) is 14.9 Å². The van der Waals surface area contributed by atoms with Crippen LogP contribution in [0.1, 0.15) is 79.3 Å². The molecule has 4 aromatic rings. The van der Waals surface area contributed by atoms with Crippen LogP contribution in [0, 0.1) is 19.7 Å². The molecule has 0 radical (unpaired) electrons. The number of carbonyl (C=O) groups is 3. The molecule has 12 nitrogen and oxygen atoms in total. The van der Waals surface area contributed by atoms with Crippen molar-refractivity contribution in [2.24, 2.45) is 0 Å². The van der Waals surface area contributed by atoms with Gasteiger partial charge >= 0.3 is 13.9 Å². The Morgan fingerprint density at radius 1 is 0.915 bits per heavy atom. The van der Waals surface area contributed by atoms with Gasteiger partial charge in [0.25, 0.3) is 0 Å². The Labute approximate surface area is 345 Å². The molecule has 2 aliphatic heterocycles. The first-order valence-corrected chi connectivity index (χ1v) is 22.8. The van der Waals surface area contributed by atoms with Gasteiger partial charge in [-0.25, -0.2) is 22.2 Å². The number of aryl methyl sites for hydroxylation is 2. The SMILES string of the molecule is CC(=O)N(CC1CN(c2ccc(C3CCS(=O)(=O)CC3)c(F)c2)C(=O)O1)C(=O)CC(C)(C)c1c(C)cc(C)cc1OP(=O)(OCc1ccccc1)OCc1ccccc1. The van der Waals surface area contributed by atoms with Crippen molar-refractivity contribution in [3.8, 4) is 5.75 Å². The molecule has 314 valence electrons. The van der Waals surface area contributed by atoms with Crippen molar-refractivity contribution in [1.29, 1.82) is 0 Å². The molecule has 0 spiro atoms. The summed E-state index contributed by atoms with van der Waals surface area (Å²) in [6, 6.07) is 26.4. The molecule has 0 aromatic heterocycles. The number of nitrogens with zero attached hydrogens (tertiary/aromatic N) is 2. The zero-order chi connectivity index (χ0) is 42.5. The lowest BCUT2D eigenvalue weighted by Crippen LogP contribution is -2.44. The van der Waals surface area contributed by atoms with Crippen LogP contribution in [-0.2, 0) is 56.4 Å². The first-order valence-electron chi connectivity index (χ1n) is 19.5. The number of ether oxygens (including phenoxy) is 1. The fourth-order valence-corrected chi connectivity index (χ4v) is 10.4. The first-order chi connectivity index (χ1) is 27.9. The van der Waals surface area contributed by atoms with Crippen LogP contribution in [0.3, 0.4) is 0 Å². The number of imide groups is 1. The minimum atomic E-state index is -4.30. The van der Waals surface area contributed by atoms with Gasteiger partial charge in [0.05, 0.1) is 43.5 Å². The van der Waals surface area contributed by atoms with Gasteiger partial charge < -0.3 is 9.26 Å². The molecule has 1 atom stereocenters. The predicted molar refractivity (Wildman–Crippen MR) is 221 cm³/mol. The normalized spacial score (nSPS) is 17.1. The number of benzene rings is 4. The van der Waals surface area contributed by atoms with Crippen LogP contribution >= 0.6 is 7.82 Å². The molecule has 2 fully saturated rings. The van der Waals surface area contributed by atoms with Crippen molar-refractivity contribution >= 4 is 41.3 Å². The van der Waals surface area contributed by atoms with Gasteiger partial charge in [-0.05, 0) is 78.6 Å². The van der Waals surface area contributed by atoms with Crippen LogP contribution in [0.25, 0.3) is 0 Å². The van der Waals surface area contributed by atoms with Crippen LogP contribution in [0.2, 0.25) is 0 Å². The van der Waals surface area contributed by atoms with Crippen molar-refractivity contribution in [1.82, 2.24) is 4.90 Å². The highest BCUT2D eigenvalue weighted by Gasteiger charge is 2.40. The lowest BCUT2D eigenvalue weighted by molar-refractivity contribution is -0.145. The van der Waals surface area contributed by atoms with Gasteiger partial charge in [0.15, 0.2) is 0 Å². The monoisotopic (exact) mass is 848 g/mol. The van der Waals surface area contributed by atoms with E-state index in [1.165, 1.54) is 17.9 Å². The van der Waals surface area contributed by atoms with E-state index >= 15 is 4.39 Å². The van der Waals surface area contributed by atoms with Crippen molar-refractivity contribution in [2.45, 2.75) is 84.5 Å². The molecule has 6 rings (SSSR count). The molecule has 0 N–H and O–H groups in total. The Balaban J connectivity index is 1.17. The van der Waals surface area contributed by atoms with E-state index in [0.29, 0.717) is 24.0 Å². The average molecular weight is 849 g/mol. The molecule has 0 aliphatic carbocycles. The summed E-state index contributed by atoms with van der Waals surface area (Å²) >= 11 is 0. The summed E-state index contributed by atoms with van der Waals surface area (Å²) in [5.74, 6) is -1.71. The molecule has 2 saturated heterocycles. The number of cyclic esters (lactones) is 1. The van der Waals surface area contributed by atoms with Crippen molar-refractivity contribution in [3.63, 3.8) is 0 Å². The van der Waals surface area contributed by atoms with Crippen LogP contribution in [0.15, 0.2) is 91.0 Å². The summed E-state index contributed by atoms with van der Waals surface area (Å²) in [5.41, 5.74) is 3.26. The fourth-order valence-electron chi connectivity index (χ4n) is 7.75. The van der Waals surface area contributed by atoms with Crippen LogP contribution in [-0.4, -0.2) is 61.9 Å². The van der Waals surface area contributed by atoms with E-state index < -0.39 is 52.9 Å². The number of carbonyl (C=O) groups excluding carboxylic acids is 3. The van der Waals surface area contributed by atoms with Gasteiger partial charge in [-0.3, -0.25) is 28.4 Å². The zero-order valence-corrected chi connectivity index (χ0v) is 35.6. The van der Waals surface area contributed by atoms with Gasteiger partial charge in [-0.1, -0.05) is 86.6 Å². The molecule has 2 aliphatic rings. The van der Waals surface area contributed by atoms with Crippen molar-refractivity contribution < 1.29 is 50.1 Å². The molecule has 4 aromatic carbocycles. The Hall–Kier alpha value is -4.88. The number of anilines is 1. The number of phosphoric ester groups is 1. The van der Waals surface area contributed by atoms with Gasteiger partial charge in [-0.2, -0.15) is 0 Å². The summed E-state index contributed by atoms with van der Waals surface area (Å²) in [6.45, 7) is 8.20. The number of hydrogen-bond donors (Lipinski definition) is 0. The maximum absolute atomic E-state index is 15.3. The number of halogens is 1. The van der Waals surface area contributed by atoms with E-state index in [1.54, 1.807) is 18.2 Å². The molecule has 59 heavy (non-hydrogen) atoms. The Morgan fingerprint density at radius 3 is 2.07 bits per heavy atom. The minimum Gasteiger partial charge on any atom is -0.442 e. The highest BCUT2D eigenvalue weighted by atomic mass is 32.2. The lowest BCUT2D eigenvalue weighted by atomic mass is 9.78. The highest BCUT2D eigenvalue weighted by Crippen LogP contribution is 2.53. The smallest absolute Gasteiger partial charge is 0.442 e. The minimum absolute atomic E-state index is 0.00249. The van der Waals surface area contributed by atoms with E-state index in [9.17, 15) is 27.4 Å². The summed E-state index contributed by atoms with van der Waals surface area (Å²) in [6.07, 6.45) is -1.20. The second-order valence-corrected chi connectivity index (χ2v) is 19.7. The molecule has 3 amide bonds. The average Bonchev–Trinajstić information content (AvgIpc) is 3.55. The second kappa shape index (κ2) is 18.2. The molecule has 15 heteroatoms. The zero-order valence-electron chi connectivity index (χ0n) is 33.9. The predicted octanol–water partition coefficient (Wildman–Crippen LogP) is 8.72. The van der Waals surface area contributed by atoms with E-state index in [-0.39, 0.29) is 61.6 Å². The number of hydrogen-bond acceptors (Lipinski definition) is 10. The topological polar surface area (TPSA) is 146 Å². The standard InChI is InChI=1S/C44H50FN2O10PS/c1-30-22-31(2)42(40(23-30)57-58(51,54-28-33-12-8-6-9-13-33)55-29-34-14-10-7-11-15-34)44(4,5)25-41(49)46(32(3)48)26-37-27-47(43(50)56-37)36-16-17-38(39(45)24-36)35-18-20-59(52,53)21-19-35/h6-17,22-24,35,37H,18-21,25-29H2,1-5H3. The summed E-state index contributed by atoms with van der Waals surface area (Å²) in [5, 5.41) is 0. The van der Waals surface area contributed by atoms with Gasteiger partial charge in [0.2, 0.25) is 11.8 Å². The van der Waals surface area contributed by atoms with Crippen LogP contribution in [0.5, 0.6) is 5.75 Å². The van der Waals surface area contributed by atoms with E-state index in [2.05, 4.69) is 0 Å². The maximum Gasteiger partial charge on any atom is 0.530 e. The van der Waals surface area contributed by atoms with E-state index in [1.807, 2.05) is 94.4 Å². The van der Waals surface area contributed by atoms with Crippen molar-refractivity contribution in [3.05, 3.63) is 130 Å². The third-order valence-corrected chi connectivity index (χ3v) is 13.6. The largest absolute Gasteiger partial charge is 0.530 e. The summed E-state index contributed by atoms with van der Waals surface area (Å²) in [4.78, 5) is 42.4. The second-order valence-electron chi connectivity index (χ2n) is 15.8. The van der Waals surface area contributed by atoms with Gasteiger partial charge in [0, 0.05) is 24.3 Å². The molecule has 1 unspecified atom stereocenters. The van der Waals surface area contributed by atoms with E-state index in [4.69, 9.17) is 18.3 Å². The number of sulfone groups is 1. The third kappa shape index (κ3) is 11.0. The fraction of sp³-hybridized carbons (Fsp3) is 0.386. The summed E-state index contributed by atoms with van der Waals surface area (Å²) in [7, 11) is -7.42. The Morgan fingerprint density at radius 2 is 1.51 bits per heavy atom. The Kier molecular flexibility index (Phi) is 13.5. The highest BCUT2D eigenvalue weighted by molar-refractivity contribution is 7.91. The van der Waals surface area contributed by atoms with Gasteiger partial charge in [0.1, 0.15) is 27.5 Å². The lowest BCUT2D eigenvalue weighted by Gasteiger charge is -2.32. The molecule has 2 heterocycles. The number of amides is 3. The molecule has 0 saturated carbocycles. The number of rotatable bonds is 15. The number of phosphoric acid groups is 1. The van der Waals surface area contributed by atoms with Crippen molar-refractivity contribution in [2.75, 3.05) is 29.5 Å². The molecule has 0 bridgehead atoms. The quantitative estimate of drug-likeness (QED) is 0.107. The van der Waals surface area contributed by atoms with Gasteiger partial charge in [-0.15, -0.1) is 0 Å². The summed E-state index contributed by atoms with van der Waals surface area (Å²) < 4.78 is 77.2. The van der Waals surface area contributed by atoms with Crippen LogP contribution < -0.4 is 9.42 Å². The first kappa shape index (κ1) is 43.7.